The number of carbonyl (C=O) groups is 1. The number of nitrogens with zero attached hydrogens (tertiary/aromatic N) is 5. The third-order valence-corrected chi connectivity index (χ3v) is 6.60. The van der Waals surface area contributed by atoms with Crippen LogP contribution in [0.2, 0.25) is 5.02 Å². The molecule has 0 saturated carbocycles. The van der Waals surface area contributed by atoms with Gasteiger partial charge in [0.25, 0.3) is 0 Å². The number of nitrogens with one attached hydrogen (secondary N) is 1. The molecule has 1 aliphatic heterocycles. The minimum absolute atomic E-state index is 0.0318. The van der Waals surface area contributed by atoms with Gasteiger partial charge in [0, 0.05) is 29.6 Å². The van der Waals surface area contributed by atoms with Crippen molar-refractivity contribution in [3.63, 3.8) is 0 Å². The SMILES string of the molecule is N#CCC(=O)N1CC(Nc2ncnc3c(F)c(-c4ccc(F)c5sc(N)nc45)c(Cl)cc23)C1. The van der Waals surface area contributed by atoms with E-state index in [1.807, 2.05) is 6.07 Å². The Bertz CT molecular complexity index is 1480. The Morgan fingerprint density at radius 3 is 2.88 bits per heavy atom. The molecule has 0 radical (unpaired) electrons. The summed E-state index contributed by atoms with van der Waals surface area (Å²) < 4.78 is 30.1. The Morgan fingerprint density at radius 2 is 2.12 bits per heavy atom. The van der Waals surface area contributed by atoms with Crippen LogP contribution in [0.25, 0.3) is 32.2 Å². The van der Waals surface area contributed by atoms with Gasteiger partial charge in [-0.05, 0) is 18.2 Å². The van der Waals surface area contributed by atoms with Crippen LogP contribution in [0.15, 0.2) is 24.5 Å². The Labute approximate surface area is 194 Å². The molecular formula is C21H14ClF2N7OS. The van der Waals surface area contributed by atoms with Crippen molar-refractivity contribution in [3.05, 3.63) is 41.2 Å². The van der Waals surface area contributed by atoms with Crippen LogP contribution in [0.5, 0.6) is 0 Å². The third-order valence-electron chi connectivity index (χ3n) is 5.41. The van der Waals surface area contributed by atoms with E-state index in [4.69, 9.17) is 22.6 Å². The number of hydrogen-bond acceptors (Lipinski definition) is 8. The molecule has 0 unspecified atom stereocenters. The van der Waals surface area contributed by atoms with E-state index in [9.17, 15) is 9.18 Å². The van der Waals surface area contributed by atoms with Crippen molar-refractivity contribution in [3.8, 4) is 17.2 Å². The number of halogens is 3. The highest BCUT2D eigenvalue weighted by Crippen LogP contribution is 2.41. The molecule has 0 aliphatic carbocycles. The fourth-order valence-corrected chi connectivity index (χ4v) is 4.89. The minimum atomic E-state index is -0.693. The molecule has 2 aromatic carbocycles. The van der Waals surface area contributed by atoms with Crippen molar-refractivity contribution in [2.45, 2.75) is 12.5 Å². The molecule has 33 heavy (non-hydrogen) atoms. The Balaban J connectivity index is 1.53. The zero-order chi connectivity index (χ0) is 23.3. The molecule has 1 saturated heterocycles. The first-order valence-electron chi connectivity index (χ1n) is 9.76. The van der Waals surface area contributed by atoms with E-state index in [-0.39, 0.29) is 49.8 Å². The fourth-order valence-electron chi connectivity index (χ4n) is 3.83. The number of nitriles is 1. The second kappa shape index (κ2) is 8.06. The van der Waals surface area contributed by atoms with Crippen LogP contribution in [-0.2, 0) is 4.79 Å². The predicted octanol–water partition coefficient (Wildman–Crippen LogP) is 3.96. The Kier molecular flexibility index (Phi) is 5.19. The quantitative estimate of drug-likeness (QED) is 0.448. The van der Waals surface area contributed by atoms with Gasteiger partial charge in [0.1, 0.15) is 29.9 Å². The van der Waals surface area contributed by atoms with Crippen LogP contribution in [0.4, 0.5) is 19.7 Å². The predicted molar refractivity (Wildman–Crippen MR) is 122 cm³/mol. The van der Waals surface area contributed by atoms with Crippen LogP contribution >= 0.6 is 22.9 Å². The lowest BCUT2D eigenvalue weighted by molar-refractivity contribution is -0.134. The van der Waals surface area contributed by atoms with E-state index < -0.39 is 11.6 Å². The number of carbonyl (C=O) groups excluding carboxylic acids is 1. The highest BCUT2D eigenvalue weighted by atomic mass is 35.5. The summed E-state index contributed by atoms with van der Waals surface area (Å²) in [6.07, 6.45) is 1.05. The highest BCUT2D eigenvalue weighted by Gasteiger charge is 2.31. The molecule has 0 bridgehead atoms. The second-order valence-electron chi connectivity index (χ2n) is 7.47. The molecule has 0 spiro atoms. The number of thiazole rings is 1. The zero-order valence-corrected chi connectivity index (χ0v) is 18.3. The fraction of sp³-hybridized carbons (Fsp3) is 0.190. The summed E-state index contributed by atoms with van der Waals surface area (Å²) in [6, 6.07) is 5.90. The summed E-state index contributed by atoms with van der Waals surface area (Å²) in [6.45, 7) is 0.804. The second-order valence-corrected chi connectivity index (χ2v) is 8.90. The number of hydrogen-bond donors (Lipinski definition) is 2. The van der Waals surface area contributed by atoms with Crippen molar-refractivity contribution in [2.24, 2.45) is 0 Å². The summed E-state index contributed by atoms with van der Waals surface area (Å²) >= 11 is 7.46. The topological polar surface area (TPSA) is 121 Å². The lowest BCUT2D eigenvalue weighted by Gasteiger charge is -2.39. The van der Waals surface area contributed by atoms with E-state index >= 15 is 4.39 Å². The molecule has 4 aromatic rings. The van der Waals surface area contributed by atoms with Gasteiger partial charge in [-0.3, -0.25) is 4.79 Å². The van der Waals surface area contributed by atoms with Crippen LogP contribution in [-0.4, -0.2) is 44.9 Å². The zero-order valence-electron chi connectivity index (χ0n) is 16.8. The molecule has 2 aromatic heterocycles. The van der Waals surface area contributed by atoms with Gasteiger partial charge >= 0.3 is 0 Å². The smallest absolute Gasteiger partial charge is 0.236 e. The summed E-state index contributed by atoms with van der Waals surface area (Å²) in [5.41, 5.74) is 6.35. The Hall–Kier alpha value is -3.62. The van der Waals surface area contributed by atoms with E-state index in [0.29, 0.717) is 29.9 Å². The summed E-state index contributed by atoms with van der Waals surface area (Å²) in [5, 5.41) is 12.4. The molecule has 3 heterocycles. The van der Waals surface area contributed by atoms with Crippen LogP contribution in [0.3, 0.4) is 0 Å². The number of fused-ring (bicyclic) bond motifs is 2. The number of nitrogen functional groups attached to an aromatic ring is 1. The number of amides is 1. The van der Waals surface area contributed by atoms with Crippen molar-refractivity contribution in [1.82, 2.24) is 19.9 Å². The van der Waals surface area contributed by atoms with Crippen molar-refractivity contribution in [2.75, 3.05) is 24.1 Å². The largest absolute Gasteiger partial charge is 0.375 e. The average molecular weight is 486 g/mol. The molecule has 1 aliphatic rings. The van der Waals surface area contributed by atoms with E-state index in [1.54, 1.807) is 11.0 Å². The molecule has 3 N–H and O–H groups in total. The van der Waals surface area contributed by atoms with E-state index in [1.165, 1.54) is 18.5 Å². The monoisotopic (exact) mass is 485 g/mol. The van der Waals surface area contributed by atoms with Gasteiger partial charge in [-0.25, -0.2) is 23.7 Å². The molecular weight excluding hydrogens is 472 g/mol. The molecule has 8 nitrogen and oxygen atoms in total. The van der Waals surface area contributed by atoms with Gasteiger partial charge in [-0.15, -0.1) is 0 Å². The lowest BCUT2D eigenvalue weighted by atomic mass is 10.0. The van der Waals surface area contributed by atoms with Crippen molar-refractivity contribution < 1.29 is 13.6 Å². The number of likely N-dealkylation sites (tertiary alicyclic amines) is 1. The molecule has 1 fully saturated rings. The standard InChI is InChI=1S/C21H14ClF2N7OS/c22-12-5-11-17(27-8-28-20(11)29-9-6-31(7-9)14(32)3-4-25)16(24)15(12)10-1-2-13(23)19-18(10)30-21(26)33-19/h1-2,5,8-9H,3,6-7H2,(H2,26,30)(H,27,28,29). The number of benzene rings is 2. The van der Waals surface area contributed by atoms with Crippen LogP contribution in [0.1, 0.15) is 6.42 Å². The summed E-state index contributed by atoms with van der Waals surface area (Å²) in [7, 11) is 0. The van der Waals surface area contributed by atoms with E-state index in [0.717, 1.165) is 11.3 Å². The normalized spacial score (nSPS) is 13.8. The first kappa shape index (κ1) is 21.2. The lowest BCUT2D eigenvalue weighted by Crippen LogP contribution is -2.57. The average Bonchev–Trinajstić information content (AvgIpc) is 3.15. The molecule has 5 rings (SSSR count). The van der Waals surface area contributed by atoms with Gasteiger partial charge in [0.2, 0.25) is 5.91 Å². The number of aromatic nitrogens is 3. The summed E-state index contributed by atoms with van der Waals surface area (Å²) in [4.78, 5) is 25.8. The maximum atomic E-state index is 15.7. The first-order valence-corrected chi connectivity index (χ1v) is 11.0. The van der Waals surface area contributed by atoms with Gasteiger partial charge in [-0.2, -0.15) is 5.26 Å². The maximum Gasteiger partial charge on any atom is 0.236 e. The highest BCUT2D eigenvalue weighted by molar-refractivity contribution is 7.22. The van der Waals surface area contributed by atoms with Crippen molar-refractivity contribution >= 4 is 60.9 Å². The van der Waals surface area contributed by atoms with E-state index in [2.05, 4.69) is 20.3 Å². The first-order chi connectivity index (χ1) is 15.9. The van der Waals surface area contributed by atoms with Gasteiger partial charge in [0.05, 0.1) is 27.4 Å². The number of nitrogens with two attached hydrogens (primary N) is 1. The molecule has 0 atom stereocenters. The van der Waals surface area contributed by atoms with Gasteiger partial charge in [0.15, 0.2) is 10.9 Å². The maximum absolute atomic E-state index is 15.7. The van der Waals surface area contributed by atoms with Crippen molar-refractivity contribution in [1.29, 1.82) is 5.26 Å². The van der Waals surface area contributed by atoms with Crippen LogP contribution in [0, 0.1) is 23.0 Å². The molecule has 1 amide bonds. The van der Waals surface area contributed by atoms with Gasteiger partial charge < -0.3 is 16.0 Å². The molecule has 12 heteroatoms. The number of rotatable bonds is 4. The number of anilines is 2. The summed E-state index contributed by atoms with van der Waals surface area (Å²) in [5.74, 6) is -1.07. The van der Waals surface area contributed by atoms with Gasteiger partial charge in [-0.1, -0.05) is 22.9 Å². The third kappa shape index (κ3) is 3.57. The minimum Gasteiger partial charge on any atom is -0.375 e. The Morgan fingerprint density at radius 1 is 1.33 bits per heavy atom. The molecule has 166 valence electrons. The van der Waals surface area contributed by atoms with Crippen LogP contribution < -0.4 is 11.1 Å².